The zero-order valence-corrected chi connectivity index (χ0v) is 17.7. The summed E-state index contributed by atoms with van der Waals surface area (Å²) in [5.74, 6) is -0.0701. The lowest BCUT2D eigenvalue weighted by atomic mass is 10.0. The minimum absolute atomic E-state index is 0.0923. The summed E-state index contributed by atoms with van der Waals surface area (Å²) >= 11 is 0. The van der Waals surface area contributed by atoms with Crippen LogP contribution >= 0.6 is 0 Å². The molecule has 3 aromatic rings. The Balaban J connectivity index is 1.93. The van der Waals surface area contributed by atoms with E-state index in [-0.39, 0.29) is 18.5 Å². The summed E-state index contributed by atoms with van der Waals surface area (Å²) < 4.78 is 16.4. The van der Waals surface area contributed by atoms with Gasteiger partial charge in [-0.2, -0.15) is 0 Å². The SMILES string of the molecule is COC(=O)Nc1nc2cc(C(=O)c3ccccc3)ccc2n1COC(=O)OC(C)(C)C. The Morgan fingerprint density at radius 1 is 1.03 bits per heavy atom. The fourth-order valence-electron chi connectivity index (χ4n) is 2.79. The van der Waals surface area contributed by atoms with Crippen LogP contribution < -0.4 is 5.32 Å². The largest absolute Gasteiger partial charge is 0.510 e. The lowest BCUT2D eigenvalue weighted by Crippen LogP contribution is -2.25. The third kappa shape index (κ3) is 5.39. The molecular formula is C22H23N3O6. The maximum atomic E-state index is 12.7. The second-order valence-electron chi connectivity index (χ2n) is 7.62. The van der Waals surface area contributed by atoms with E-state index >= 15 is 0 Å². The maximum absolute atomic E-state index is 12.7. The number of nitrogens with one attached hydrogen (secondary N) is 1. The molecule has 0 bridgehead atoms. The average molecular weight is 425 g/mol. The summed E-state index contributed by atoms with van der Waals surface area (Å²) in [6.07, 6.45) is -1.61. The molecule has 0 fully saturated rings. The maximum Gasteiger partial charge on any atom is 0.510 e. The van der Waals surface area contributed by atoms with Gasteiger partial charge in [0.2, 0.25) is 5.95 Å². The van der Waals surface area contributed by atoms with Crippen LogP contribution in [0, 0.1) is 0 Å². The smallest absolute Gasteiger partial charge is 0.453 e. The number of hydrogen-bond donors (Lipinski definition) is 1. The number of benzene rings is 2. The molecule has 0 aliphatic carbocycles. The predicted molar refractivity (Wildman–Crippen MR) is 113 cm³/mol. The van der Waals surface area contributed by atoms with E-state index in [2.05, 4.69) is 15.0 Å². The molecule has 1 amide bonds. The first-order valence-corrected chi connectivity index (χ1v) is 9.49. The number of amides is 1. The van der Waals surface area contributed by atoms with Crippen LogP contribution in [0.2, 0.25) is 0 Å². The third-order valence-corrected chi connectivity index (χ3v) is 4.15. The van der Waals surface area contributed by atoms with Crippen molar-refractivity contribution in [3.8, 4) is 0 Å². The van der Waals surface area contributed by atoms with Crippen molar-refractivity contribution in [2.24, 2.45) is 0 Å². The van der Waals surface area contributed by atoms with Crippen molar-refractivity contribution in [2.45, 2.75) is 33.1 Å². The molecule has 0 aliphatic rings. The zero-order valence-electron chi connectivity index (χ0n) is 17.7. The molecule has 0 saturated heterocycles. The summed E-state index contributed by atoms with van der Waals surface area (Å²) in [6, 6.07) is 13.8. The van der Waals surface area contributed by atoms with Gasteiger partial charge in [-0.1, -0.05) is 30.3 Å². The first-order chi connectivity index (χ1) is 14.7. The Morgan fingerprint density at radius 3 is 2.39 bits per heavy atom. The second kappa shape index (κ2) is 8.86. The number of aromatic nitrogens is 2. The van der Waals surface area contributed by atoms with Gasteiger partial charge in [-0.15, -0.1) is 0 Å². The topological polar surface area (TPSA) is 109 Å². The first-order valence-electron chi connectivity index (χ1n) is 9.49. The molecule has 3 rings (SSSR count). The highest BCUT2D eigenvalue weighted by atomic mass is 16.7. The number of anilines is 1. The van der Waals surface area contributed by atoms with Crippen molar-refractivity contribution in [2.75, 3.05) is 12.4 Å². The van der Waals surface area contributed by atoms with Crippen molar-refractivity contribution < 1.29 is 28.6 Å². The molecule has 0 spiro atoms. The van der Waals surface area contributed by atoms with Crippen LogP contribution in [0.3, 0.4) is 0 Å². The average Bonchev–Trinajstić information content (AvgIpc) is 3.07. The van der Waals surface area contributed by atoms with Crippen LogP contribution in [0.15, 0.2) is 48.5 Å². The monoisotopic (exact) mass is 425 g/mol. The van der Waals surface area contributed by atoms with Crippen LogP contribution in [0.5, 0.6) is 0 Å². The Labute approximate surface area is 178 Å². The van der Waals surface area contributed by atoms with Gasteiger partial charge in [0.15, 0.2) is 12.5 Å². The number of ketones is 1. The van der Waals surface area contributed by atoms with Crippen molar-refractivity contribution in [1.82, 2.24) is 9.55 Å². The van der Waals surface area contributed by atoms with E-state index in [1.807, 2.05) is 6.07 Å². The standard InChI is InChI=1S/C22H23N3O6/c1-22(2,3)31-21(28)30-13-25-17-11-10-15(18(26)14-8-6-5-7-9-14)12-16(17)23-19(25)24-20(27)29-4/h5-12H,13H2,1-4H3,(H,23,24,27). The Hall–Kier alpha value is -3.88. The molecule has 0 aliphatic heterocycles. The molecule has 0 radical (unpaired) electrons. The summed E-state index contributed by atoms with van der Waals surface area (Å²) in [5.41, 5.74) is 1.23. The number of rotatable bonds is 5. The van der Waals surface area contributed by atoms with Gasteiger partial charge >= 0.3 is 12.2 Å². The van der Waals surface area contributed by atoms with Gasteiger partial charge in [-0.3, -0.25) is 14.7 Å². The molecule has 2 aromatic carbocycles. The fraction of sp³-hybridized carbons (Fsp3) is 0.273. The number of carbonyl (C=O) groups is 3. The highest BCUT2D eigenvalue weighted by Crippen LogP contribution is 2.23. The summed E-state index contributed by atoms with van der Waals surface area (Å²) in [4.78, 5) is 40.8. The molecule has 1 aromatic heterocycles. The van der Waals surface area contributed by atoms with E-state index in [9.17, 15) is 14.4 Å². The van der Waals surface area contributed by atoms with Gasteiger partial charge < -0.3 is 14.2 Å². The van der Waals surface area contributed by atoms with Gasteiger partial charge in [0, 0.05) is 11.1 Å². The number of methoxy groups -OCH3 is 1. The van der Waals surface area contributed by atoms with E-state index in [1.54, 1.807) is 63.2 Å². The van der Waals surface area contributed by atoms with Crippen molar-refractivity contribution in [3.63, 3.8) is 0 Å². The number of nitrogens with zero attached hydrogens (tertiary/aromatic N) is 2. The second-order valence-corrected chi connectivity index (χ2v) is 7.62. The number of ether oxygens (including phenoxy) is 3. The quantitative estimate of drug-likeness (QED) is 0.478. The normalized spacial score (nSPS) is 11.1. The minimum Gasteiger partial charge on any atom is -0.453 e. The van der Waals surface area contributed by atoms with E-state index < -0.39 is 17.8 Å². The van der Waals surface area contributed by atoms with Crippen molar-refractivity contribution in [3.05, 3.63) is 59.7 Å². The molecule has 0 unspecified atom stereocenters. The molecule has 1 heterocycles. The molecule has 162 valence electrons. The van der Waals surface area contributed by atoms with Gasteiger partial charge in [0.1, 0.15) is 5.60 Å². The Morgan fingerprint density at radius 2 is 1.74 bits per heavy atom. The van der Waals surface area contributed by atoms with Gasteiger partial charge in [0.05, 0.1) is 18.1 Å². The zero-order chi connectivity index (χ0) is 22.6. The lowest BCUT2D eigenvalue weighted by molar-refractivity contribution is -0.0194. The van der Waals surface area contributed by atoms with Crippen LogP contribution in [0.4, 0.5) is 15.5 Å². The first kappa shape index (κ1) is 21.8. The Bertz CT molecular complexity index is 1120. The lowest BCUT2D eigenvalue weighted by Gasteiger charge is -2.19. The summed E-state index contributed by atoms with van der Waals surface area (Å²) in [6.45, 7) is 4.89. The molecule has 0 saturated carbocycles. The number of fused-ring (bicyclic) bond motifs is 1. The minimum atomic E-state index is -0.866. The van der Waals surface area contributed by atoms with E-state index in [0.29, 0.717) is 22.2 Å². The van der Waals surface area contributed by atoms with E-state index in [4.69, 9.17) is 9.47 Å². The molecule has 9 nitrogen and oxygen atoms in total. The fourth-order valence-corrected chi connectivity index (χ4v) is 2.79. The number of carbonyl (C=O) groups excluding carboxylic acids is 3. The number of hydrogen-bond acceptors (Lipinski definition) is 7. The van der Waals surface area contributed by atoms with Crippen LogP contribution in [-0.4, -0.2) is 40.3 Å². The van der Waals surface area contributed by atoms with Crippen molar-refractivity contribution >= 4 is 35.0 Å². The van der Waals surface area contributed by atoms with Gasteiger partial charge in [-0.05, 0) is 39.0 Å². The summed E-state index contributed by atoms with van der Waals surface area (Å²) in [5, 5.41) is 2.48. The van der Waals surface area contributed by atoms with E-state index in [0.717, 1.165) is 0 Å². The molecule has 9 heteroatoms. The van der Waals surface area contributed by atoms with Gasteiger partial charge in [-0.25, -0.2) is 14.6 Å². The van der Waals surface area contributed by atoms with Crippen LogP contribution in [0.1, 0.15) is 36.7 Å². The van der Waals surface area contributed by atoms with Crippen molar-refractivity contribution in [1.29, 1.82) is 0 Å². The highest BCUT2D eigenvalue weighted by molar-refractivity contribution is 6.10. The highest BCUT2D eigenvalue weighted by Gasteiger charge is 2.20. The molecular weight excluding hydrogens is 402 g/mol. The van der Waals surface area contributed by atoms with E-state index in [1.165, 1.54) is 11.7 Å². The number of imidazole rings is 1. The molecule has 0 atom stereocenters. The Kier molecular flexibility index (Phi) is 6.24. The molecule has 31 heavy (non-hydrogen) atoms. The van der Waals surface area contributed by atoms with Crippen LogP contribution in [-0.2, 0) is 20.9 Å². The third-order valence-electron chi connectivity index (χ3n) is 4.15. The van der Waals surface area contributed by atoms with Crippen LogP contribution in [0.25, 0.3) is 11.0 Å². The summed E-state index contributed by atoms with van der Waals surface area (Å²) in [7, 11) is 1.22. The predicted octanol–water partition coefficient (Wildman–Crippen LogP) is 4.35. The molecule has 1 N–H and O–H groups in total. The van der Waals surface area contributed by atoms with Gasteiger partial charge in [0.25, 0.3) is 0 Å².